The summed E-state index contributed by atoms with van der Waals surface area (Å²) in [6.45, 7) is 6.27. The van der Waals surface area contributed by atoms with Crippen LogP contribution in [0.5, 0.6) is 17.2 Å². The Morgan fingerprint density at radius 1 is 1.08 bits per heavy atom. The number of rotatable bonds is 8. The maximum atomic E-state index is 11.7. The molecule has 1 atom stereocenters. The number of carbonyl (C=O) groups is 1. The number of hydrogen-bond acceptors (Lipinski definition) is 4. The van der Waals surface area contributed by atoms with Crippen LogP contribution in [0.15, 0.2) is 42.5 Å². The zero-order valence-electron chi connectivity index (χ0n) is 14.7. The lowest BCUT2D eigenvalue weighted by Gasteiger charge is -2.17. The van der Waals surface area contributed by atoms with Gasteiger partial charge in [-0.1, -0.05) is 18.2 Å². The third-order valence-corrected chi connectivity index (χ3v) is 3.70. The van der Waals surface area contributed by atoms with Crippen molar-refractivity contribution in [2.45, 2.75) is 39.2 Å². The molecule has 0 saturated carbocycles. The molecule has 5 heteroatoms. The quantitative estimate of drug-likeness (QED) is 0.757. The third kappa shape index (κ3) is 5.14. The standard InChI is InChI=1S/C20H24O5/c1-4-24-19-12-14(5-10-18(19)25-13(2)3)11-17(20(22)23)15-6-8-16(21)9-7-15/h5-10,12-13,17,21H,4,11H2,1-3H3,(H,22,23). The van der Waals surface area contributed by atoms with Gasteiger partial charge in [0.25, 0.3) is 0 Å². The molecule has 0 aliphatic heterocycles. The lowest BCUT2D eigenvalue weighted by Crippen LogP contribution is -2.14. The maximum Gasteiger partial charge on any atom is 0.311 e. The molecule has 2 rings (SSSR count). The van der Waals surface area contributed by atoms with Crippen molar-refractivity contribution >= 4 is 5.97 Å². The lowest BCUT2D eigenvalue weighted by molar-refractivity contribution is -0.138. The highest BCUT2D eigenvalue weighted by Gasteiger charge is 2.21. The summed E-state index contributed by atoms with van der Waals surface area (Å²) in [4.78, 5) is 11.7. The molecule has 0 heterocycles. The molecule has 2 aromatic carbocycles. The minimum Gasteiger partial charge on any atom is -0.508 e. The van der Waals surface area contributed by atoms with E-state index in [1.165, 1.54) is 12.1 Å². The number of ether oxygens (including phenoxy) is 2. The van der Waals surface area contributed by atoms with E-state index in [0.29, 0.717) is 30.1 Å². The van der Waals surface area contributed by atoms with Gasteiger partial charge in [-0.05, 0) is 62.6 Å². The van der Waals surface area contributed by atoms with Crippen LogP contribution in [-0.2, 0) is 11.2 Å². The van der Waals surface area contributed by atoms with Gasteiger partial charge in [0, 0.05) is 0 Å². The number of aromatic hydroxyl groups is 1. The second kappa shape index (κ2) is 8.42. The van der Waals surface area contributed by atoms with Gasteiger partial charge in [-0.3, -0.25) is 4.79 Å². The van der Waals surface area contributed by atoms with Gasteiger partial charge in [0.1, 0.15) is 5.75 Å². The van der Waals surface area contributed by atoms with Crippen LogP contribution in [0.4, 0.5) is 0 Å². The van der Waals surface area contributed by atoms with E-state index in [2.05, 4.69) is 0 Å². The van der Waals surface area contributed by atoms with Gasteiger partial charge in [-0.25, -0.2) is 0 Å². The molecule has 0 spiro atoms. The smallest absolute Gasteiger partial charge is 0.311 e. The maximum absolute atomic E-state index is 11.7. The first kappa shape index (κ1) is 18.6. The fraction of sp³-hybridized carbons (Fsp3) is 0.350. The van der Waals surface area contributed by atoms with Crippen molar-refractivity contribution in [3.05, 3.63) is 53.6 Å². The monoisotopic (exact) mass is 344 g/mol. The Morgan fingerprint density at radius 3 is 2.32 bits per heavy atom. The largest absolute Gasteiger partial charge is 0.508 e. The number of phenolic OH excluding ortho intramolecular Hbond substituents is 1. The summed E-state index contributed by atoms with van der Waals surface area (Å²) in [5, 5.41) is 19.0. The van der Waals surface area contributed by atoms with Gasteiger partial charge >= 0.3 is 5.97 Å². The average molecular weight is 344 g/mol. The average Bonchev–Trinajstić information content (AvgIpc) is 2.55. The van der Waals surface area contributed by atoms with E-state index in [1.54, 1.807) is 12.1 Å². The molecular formula is C20H24O5. The van der Waals surface area contributed by atoms with Gasteiger partial charge in [-0.2, -0.15) is 0 Å². The molecule has 2 N–H and O–H groups in total. The predicted octanol–water partition coefficient (Wildman–Crippen LogP) is 3.99. The molecule has 2 aromatic rings. The van der Waals surface area contributed by atoms with Crippen LogP contribution in [0.1, 0.15) is 37.8 Å². The first-order chi connectivity index (χ1) is 11.9. The summed E-state index contributed by atoms with van der Waals surface area (Å²) >= 11 is 0. The van der Waals surface area contributed by atoms with Gasteiger partial charge in [0.2, 0.25) is 0 Å². The van der Waals surface area contributed by atoms with Crippen molar-refractivity contribution in [3.8, 4) is 17.2 Å². The Bertz CT molecular complexity index is 707. The molecule has 1 unspecified atom stereocenters. The third-order valence-electron chi connectivity index (χ3n) is 3.70. The van der Waals surface area contributed by atoms with E-state index in [4.69, 9.17) is 9.47 Å². The summed E-state index contributed by atoms with van der Waals surface area (Å²) in [7, 11) is 0. The van der Waals surface area contributed by atoms with Crippen LogP contribution in [0.25, 0.3) is 0 Å². The first-order valence-electron chi connectivity index (χ1n) is 8.34. The highest BCUT2D eigenvalue weighted by molar-refractivity contribution is 5.76. The highest BCUT2D eigenvalue weighted by Crippen LogP contribution is 2.32. The Labute approximate surface area is 147 Å². The van der Waals surface area contributed by atoms with Gasteiger partial charge < -0.3 is 19.7 Å². The van der Waals surface area contributed by atoms with Crippen LogP contribution in [0.2, 0.25) is 0 Å². The fourth-order valence-corrected chi connectivity index (χ4v) is 2.59. The Morgan fingerprint density at radius 2 is 1.76 bits per heavy atom. The van der Waals surface area contributed by atoms with Crippen LogP contribution < -0.4 is 9.47 Å². The number of carboxylic acids is 1. The molecule has 0 fully saturated rings. The molecular weight excluding hydrogens is 320 g/mol. The van der Waals surface area contributed by atoms with Crippen molar-refractivity contribution in [1.82, 2.24) is 0 Å². The number of hydrogen-bond donors (Lipinski definition) is 2. The van der Waals surface area contributed by atoms with Crippen molar-refractivity contribution in [3.63, 3.8) is 0 Å². The first-order valence-corrected chi connectivity index (χ1v) is 8.34. The van der Waals surface area contributed by atoms with Crippen molar-refractivity contribution in [1.29, 1.82) is 0 Å². The van der Waals surface area contributed by atoms with Crippen LogP contribution >= 0.6 is 0 Å². The molecule has 0 saturated heterocycles. The lowest BCUT2D eigenvalue weighted by atomic mass is 9.92. The van der Waals surface area contributed by atoms with E-state index in [9.17, 15) is 15.0 Å². The van der Waals surface area contributed by atoms with Crippen molar-refractivity contribution in [2.75, 3.05) is 6.61 Å². The summed E-state index contributed by atoms with van der Waals surface area (Å²) in [5.74, 6) is -0.236. The normalized spacial score (nSPS) is 12.0. The fourth-order valence-electron chi connectivity index (χ4n) is 2.59. The topological polar surface area (TPSA) is 76.0 Å². The Hall–Kier alpha value is -2.69. The van der Waals surface area contributed by atoms with E-state index >= 15 is 0 Å². The molecule has 134 valence electrons. The SMILES string of the molecule is CCOc1cc(CC(C(=O)O)c2ccc(O)cc2)ccc1OC(C)C. The minimum atomic E-state index is -0.911. The second-order valence-electron chi connectivity index (χ2n) is 6.07. The molecule has 0 bridgehead atoms. The van der Waals surface area contributed by atoms with E-state index in [-0.39, 0.29) is 11.9 Å². The second-order valence-corrected chi connectivity index (χ2v) is 6.07. The molecule has 0 amide bonds. The molecule has 0 aromatic heterocycles. The van der Waals surface area contributed by atoms with Gasteiger partial charge in [-0.15, -0.1) is 0 Å². The van der Waals surface area contributed by atoms with Crippen LogP contribution in [0, 0.1) is 0 Å². The van der Waals surface area contributed by atoms with Crippen LogP contribution in [0.3, 0.4) is 0 Å². The number of benzene rings is 2. The Balaban J connectivity index is 2.28. The predicted molar refractivity (Wildman–Crippen MR) is 95.6 cm³/mol. The van der Waals surface area contributed by atoms with Crippen molar-refractivity contribution in [2.24, 2.45) is 0 Å². The molecule has 5 nitrogen and oxygen atoms in total. The summed E-state index contributed by atoms with van der Waals surface area (Å²) in [6, 6.07) is 11.8. The zero-order valence-corrected chi connectivity index (χ0v) is 14.7. The van der Waals surface area contributed by atoms with E-state index in [1.807, 2.05) is 39.0 Å². The van der Waals surface area contributed by atoms with Crippen LogP contribution in [-0.4, -0.2) is 28.9 Å². The Kier molecular flexibility index (Phi) is 6.28. The summed E-state index contributed by atoms with van der Waals surface area (Å²) in [6.07, 6.45) is 0.344. The van der Waals surface area contributed by atoms with Gasteiger partial charge in [0.05, 0.1) is 18.6 Å². The highest BCUT2D eigenvalue weighted by atomic mass is 16.5. The molecule has 25 heavy (non-hydrogen) atoms. The molecule has 0 aliphatic rings. The number of phenols is 1. The summed E-state index contributed by atoms with van der Waals surface area (Å²) in [5.41, 5.74) is 1.49. The number of carboxylic acid groups (broad SMARTS) is 1. The molecule has 0 radical (unpaired) electrons. The van der Waals surface area contributed by atoms with E-state index in [0.717, 1.165) is 5.56 Å². The summed E-state index contributed by atoms with van der Waals surface area (Å²) < 4.78 is 11.4. The minimum absolute atomic E-state index is 0.0221. The van der Waals surface area contributed by atoms with E-state index < -0.39 is 11.9 Å². The molecule has 0 aliphatic carbocycles. The van der Waals surface area contributed by atoms with Crippen molar-refractivity contribution < 1.29 is 24.5 Å². The number of aliphatic carboxylic acids is 1. The zero-order chi connectivity index (χ0) is 18.4. The van der Waals surface area contributed by atoms with Gasteiger partial charge in [0.15, 0.2) is 11.5 Å².